The predicted molar refractivity (Wildman–Crippen MR) is 66.5 cm³/mol. The van der Waals surface area contributed by atoms with Crippen molar-refractivity contribution in [3.63, 3.8) is 0 Å². The number of hydrogen-bond donors (Lipinski definition) is 1. The molecular weight excluding hydrogens is 198 g/mol. The molecule has 1 saturated heterocycles. The quantitative estimate of drug-likeness (QED) is 0.841. The molecule has 1 N–H and O–H groups in total. The molecule has 0 bridgehead atoms. The standard InChI is InChI=1S/C14H23NO/c1-2-7-14(8-4-3-5-9-15-14)11-13-6-10-16-12-13/h6,10,12,15H,2-5,7-9,11H2,1H3. The van der Waals surface area contributed by atoms with Crippen LogP contribution in [0.2, 0.25) is 0 Å². The third-order valence-electron chi connectivity index (χ3n) is 3.68. The first kappa shape index (κ1) is 11.7. The molecule has 1 atom stereocenters. The SMILES string of the molecule is CCCC1(Cc2ccoc2)CCCCCN1. The molecule has 1 aliphatic rings. The summed E-state index contributed by atoms with van der Waals surface area (Å²) in [6.07, 6.45) is 12.7. The van der Waals surface area contributed by atoms with Crippen molar-refractivity contribution in [1.29, 1.82) is 0 Å². The Morgan fingerprint density at radius 1 is 1.38 bits per heavy atom. The lowest BCUT2D eigenvalue weighted by Crippen LogP contribution is -2.46. The fourth-order valence-corrected chi connectivity index (χ4v) is 2.92. The largest absolute Gasteiger partial charge is 0.472 e. The maximum Gasteiger partial charge on any atom is 0.0935 e. The molecule has 0 radical (unpaired) electrons. The second-order valence-corrected chi connectivity index (χ2v) is 5.08. The maximum absolute atomic E-state index is 5.18. The van der Waals surface area contributed by atoms with E-state index < -0.39 is 0 Å². The van der Waals surface area contributed by atoms with E-state index in [1.165, 1.54) is 50.6 Å². The van der Waals surface area contributed by atoms with Gasteiger partial charge in [0.1, 0.15) is 0 Å². The van der Waals surface area contributed by atoms with E-state index in [1.807, 2.05) is 6.26 Å². The summed E-state index contributed by atoms with van der Waals surface area (Å²) >= 11 is 0. The van der Waals surface area contributed by atoms with Gasteiger partial charge in [0, 0.05) is 5.54 Å². The number of rotatable bonds is 4. The Labute approximate surface area is 98.4 Å². The fraction of sp³-hybridized carbons (Fsp3) is 0.714. The molecule has 2 rings (SSSR count). The van der Waals surface area contributed by atoms with Crippen LogP contribution in [0, 0.1) is 0 Å². The van der Waals surface area contributed by atoms with Gasteiger partial charge >= 0.3 is 0 Å². The number of nitrogens with one attached hydrogen (secondary N) is 1. The first-order valence-corrected chi connectivity index (χ1v) is 6.61. The van der Waals surface area contributed by atoms with Gasteiger partial charge in [0.15, 0.2) is 0 Å². The molecule has 0 amide bonds. The summed E-state index contributed by atoms with van der Waals surface area (Å²) in [5.41, 5.74) is 1.66. The average Bonchev–Trinajstić information content (AvgIpc) is 2.66. The highest BCUT2D eigenvalue weighted by Crippen LogP contribution is 2.28. The molecule has 90 valence electrons. The van der Waals surface area contributed by atoms with Gasteiger partial charge in [-0.1, -0.05) is 26.2 Å². The molecule has 0 saturated carbocycles. The van der Waals surface area contributed by atoms with Crippen molar-refractivity contribution < 1.29 is 4.42 Å². The molecular formula is C14H23NO. The second kappa shape index (κ2) is 5.53. The van der Waals surface area contributed by atoms with Crippen LogP contribution >= 0.6 is 0 Å². The molecule has 0 aromatic carbocycles. The van der Waals surface area contributed by atoms with E-state index in [0.717, 1.165) is 6.42 Å². The minimum atomic E-state index is 0.328. The van der Waals surface area contributed by atoms with E-state index in [4.69, 9.17) is 4.42 Å². The first-order valence-electron chi connectivity index (χ1n) is 6.61. The lowest BCUT2D eigenvalue weighted by Gasteiger charge is -2.33. The van der Waals surface area contributed by atoms with Crippen molar-refractivity contribution in [2.45, 2.75) is 57.4 Å². The summed E-state index contributed by atoms with van der Waals surface area (Å²) in [6, 6.07) is 2.10. The highest BCUT2D eigenvalue weighted by molar-refractivity contribution is 5.11. The van der Waals surface area contributed by atoms with Crippen molar-refractivity contribution in [2.75, 3.05) is 6.54 Å². The van der Waals surface area contributed by atoms with Gasteiger partial charge in [-0.15, -0.1) is 0 Å². The topological polar surface area (TPSA) is 25.2 Å². The predicted octanol–water partition coefficient (Wildman–Crippen LogP) is 3.52. The summed E-state index contributed by atoms with van der Waals surface area (Å²) in [7, 11) is 0. The Morgan fingerprint density at radius 3 is 3.06 bits per heavy atom. The van der Waals surface area contributed by atoms with Crippen LogP contribution in [0.15, 0.2) is 23.0 Å². The molecule has 1 aliphatic heterocycles. The molecule has 16 heavy (non-hydrogen) atoms. The summed E-state index contributed by atoms with van der Waals surface area (Å²) in [6.45, 7) is 3.46. The van der Waals surface area contributed by atoms with Gasteiger partial charge < -0.3 is 9.73 Å². The fourth-order valence-electron chi connectivity index (χ4n) is 2.92. The monoisotopic (exact) mass is 221 g/mol. The zero-order valence-electron chi connectivity index (χ0n) is 10.3. The molecule has 1 fully saturated rings. The molecule has 1 unspecified atom stereocenters. The van der Waals surface area contributed by atoms with Crippen LogP contribution in [0.25, 0.3) is 0 Å². The molecule has 2 heteroatoms. The van der Waals surface area contributed by atoms with Crippen molar-refractivity contribution >= 4 is 0 Å². The number of hydrogen-bond acceptors (Lipinski definition) is 2. The van der Waals surface area contributed by atoms with E-state index in [-0.39, 0.29) is 0 Å². The Hall–Kier alpha value is -0.760. The van der Waals surface area contributed by atoms with Gasteiger partial charge in [-0.3, -0.25) is 0 Å². The minimum Gasteiger partial charge on any atom is -0.472 e. The zero-order chi connectivity index (χ0) is 11.3. The Morgan fingerprint density at radius 2 is 2.31 bits per heavy atom. The first-order chi connectivity index (χ1) is 7.85. The van der Waals surface area contributed by atoms with Gasteiger partial charge in [-0.2, -0.15) is 0 Å². The van der Waals surface area contributed by atoms with Crippen LogP contribution in [-0.2, 0) is 6.42 Å². The van der Waals surface area contributed by atoms with E-state index in [9.17, 15) is 0 Å². The van der Waals surface area contributed by atoms with Crippen molar-refractivity contribution in [1.82, 2.24) is 5.32 Å². The van der Waals surface area contributed by atoms with Crippen LogP contribution < -0.4 is 5.32 Å². The van der Waals surface area contributed by atoms with Crippen molar-refractivity contribution in [2.24, 2.45) is 0 Å². The molecule has 0 aliphatic carbocycles. The summed E-state index contributed by atoms with van der Waals surface area (Å²) in [5.74, 6) is 0. The third-order valence-corrected chi connectivity index (χ3v) is 3.68. The summed E-state index contributed by atoms with van der Waals surface area (Å²) in [5, 5.41) is 3.79. The maximum atomic E-state index is 5.18. The van der Waals surface area contributed by atoms with Crippen molar-refractivity contribution in [3.05, 3.63) is 24.2 Å². The van der Waals surface area contributed by atoms with Gasteiger partial charge in [0.05, 0.1) is 12.5 Å². The van der Waals surface area contributed by atoms with Crippen LogP contribution in [0.5, 0.6) is 0 Å². The highest BCUT2D eigenvalue weighted by Gasteiger charge is 2.29. The molecule has 0 spiro atoms. The second-order valence-electron chi connectivity index (χ2n) is 5.08. The smallest absolute Gasteiger partial charge is 0.0935 e. The van der Waals surface area contributed by atoms with E-state index >= 15 is 0 Å². The van der Waals surface area contributed by atoms with Gasteiger partial charge in [-0.05, 0) is 43.9 Å². The lowest BCUT2D eigenvalue weighted by molar-refractivity contribution is 0.287. The van der Waals surface area contributed by atoms with E-state index in [2.05, 4.69) is 18.3 Å². The lowest BCUT2D eigenvalue weighted by atomic mass is 9.83. The average molecular weight is 221 g/mol. The Bertz CT molecular complexity index is 284. The molecule has 2 heterocycles. The van der Waals surface area contributed by atoms with E-state index in [0.29, 0.717) is 5.54 Å². The normalized spacial score (nSPS) is 26.6. The van der Waals surface area contributed by atoms with Gasteiger partial charge in [0.25, 0.3) is 0 Å². The van der Waals surface area contributed by atoms with Gasteiger partial charge in [0.2, 0.25) is 0 Å². The summed E-state index contributed by atoms with van der Waals surface area (Å²) < 4.78 is 5.18. The van der Waals surface area contributed by atoms with E-state index in [1.54, 1.807) is 6.26 Å². The molecule has 1 aromatic rings. The Kier molecular flexibility index (Phi) is 4.05. The van der Waals surface area contributed by atoms with Crippen LogP contribution in [0.4, 0.5) is 0 Å². The van der Waals surface area contributed by atoms with Crippen molar-refractivity contribution in [3.8, 4) is 0 Å². The van der Waals surface area contributed by atoms with Crippen LogP contribution in [0.3, 0.4) is 0 Å². The molecule has 2 nitrogen and oxygen atoms in total. The highest BCUT2D eigenvalue weighted by atomic mass is 16.3. The zero-order valence-corrected chi connectivity index (χ0v) is 10.3. The summed E-state index contributed by atoms with van der Waals surface area (Å²) in [4.78, 5) is 0. The van der Waals surface area contributed by atoms with Gasteiger partial charge in [-0.25, -0.2) is 0 Å². The number of furan rings is 1. The molecule has 1 aromatic heterocycles. The Balaban J connectivity index is 2.06. The third kappa shape index (κ3) is 2.88. The van der Waals surface area contributed by atoms with Crippen LogP contribution in [-0.4, -0.2) is 12.1 Å². The minimum absolute atomic E-state index is 0.328. The van der Waals surface area contributed by atoms with Crippen LogP contribution in [0.1, 0.15) is 51.0 Å².